The van der Waals surface area contributed by atoms with Gasteiger partial charge in [-0.2, -0.15) is 23.7 Å². The summed E-state index contributed by atoms with van der Waals surface area (Å²) < 4.78 is 102. The van der Waals surface area contributed by atoms with Crippen molar-refractivity contribution in [3.63, 3.8) is 0 Å². The number of rotatable bonds is 16. The van der Waals surface area contributed by atoms with Gasteiger partial charge in [0.05, 0.1) is 59.2 Å². The van der Waals surface area contributed by atoms with Gasteiger partial charge in [-0.1, -0.05) is 60.7 Å². The van der Waals surface area contributed by atoms with E-state index in [1.807, 2.05) is 6.07 Å². The van der Waals surface area contributed by atoms with Crippen molar-refractivity contribution in [3.05, 3.63) is 118 Å². The quantitative estimate of drug-likeness (QED) is 0.109. The highest BCUT2D eigenvalue weighted by Crippen LogP contribution is 2.33. The summed E-state index contributed by atoms with van der Waals surface area (Å²) in [5.74, 6) is -5.04. The number of halogens is 3. The first-order valence-electron chi connectivity index (χ1n) is 19.6. The third kappa shape index (κ3) is 15.0. The zero-order valence-electron chi connectivity index (χ0n) is 35.1. The molecule has 4 N–H and O–H groups in total. The van der Waals surface area contributed by atoms with Gasteiger partial charge in [-0.3, -0.25) is 19.0 Å². The fourth-order valence-corrected chi connectivity index (χ4v) is 8.64. The second kappa shape index (κ2) is 22.5. The van der Waals surface area contributed by atoms with E-state index < -0.39 is 90.8 Å². The number of nitrogens with zero attached hydrogens (tertiary/aromatic N) is 4. The molecule has 2 heterocycles. The van der Waals surface area contributed by atoms with Gasteiger partial charge in [-0.25, -0.2) is 36.4 Å². The van der Waals surface area contributed by atoms with E-state index >= 15 is 0 Å². The fourth-order valence-electron chi connectivity index (χ4n) is 6.34. The van der Waals surface area contributed by atoms with Gasteiger partial charge < -0.3 is 20.1 Å². The molecule has 0 radical (unpaired) electrons. The lowest BCUT2D eigenvalue weighted by atomic mass is 10.1. The van der Waals surface area contributed by atoms with Crippen molar-refractivity contribution in [3.8, 4) is 12.1 Å². The number of anilines is 2. The number of sulfonamides is 2. The summed E-state index contributed by atoms with van der Waals surface area (Å²) in [5.41, 5.74) is -1.19. The summed E-state index contributed by atoms with van der Waals surface area (Å²) in [6.07, 6.45) is -3.54. The Labute approximate surface area is 372 Å². The highest BCUT2D eigenvalue weighted by molar-refractivity contribution is 7.89. The van der Waals surface area contributed by atoms with Crippen LogP contribution >= 0.6 is 0 Å². The molecule has 4 aromatic rings. The summed E-state index contributed by atoms with van der Waals surface area (Å²) >= 11 is 0. The Morgan fingerprint density at radius 3 is 1.78 bits per heavy atom. The molecule has 2 unspecified atom stereocenters. The molecule has 1 aliphatic carbocycles. The Hall–Kier alpha value is -7.11. The lowest BCUT2D eigenvalue weighted by Crippen LogP contribution is -2.36. The second-order valence-electron chi connectivity index (χ2n) is 14.1. The molecule has 2 aromatic heterocycles. The zero-order valence-corrected chi connectivity index (χ0v) is 36.7. The van der Waals surface area contributed by atoms with Crippen LogP contribution in [-0.2, 0) is 56.8 Å². The number of alkyl halides is 3. The molecule has 0 saturated heterocycles. The number of carbonyl (C=O) groups excluding carboxylic acids is 4. The van der Waals surface area contributed by atoms with Gasteiger partial charge in [0.2, 0.25) is 26.0 Å². The summed E-state index contributed by atoms with van der Waals surface area (Å²) in [5, 5.41) is 24.1. The first-order valence-corrected chi connectivity index (χ1v) is 22.9. The number of hydrogen-bond acceptors (Lipinski definition) is 16. The normalized spacial score (nSPS) is 14.6. The molecule has 23 heteroatoms. The minimum atomic E-state index is -5.06. The number of nitriles is 2. The van der Waals surface area contributed by atoms with E-state index in [0.29, 0.717) is 48.0 Å². The third-order valence-electron chi connectivity index (χ3n) is 9.22. The summed E-state index contributed by atoms with van der Waals surface area (Å²) in [4.78, 5) is 56.1. The maximum Gasteiger partial charge on any atom is 0.434 e. The number of benzene rings is 2. The largest absolute Gasteiger partial charge is 0.462 e. The molecule has 1 saturated carbocycles. The summed E-state index contributed by atoms with van der Waals surface area (Å²) in [7, 11) is -7.88. The number of ether oxygens (including phenoxy) is 2. The van der Waals surface area contributed by atoms with Crippen molar-refractivity contribution in [2.75, 3.05) is 30.4 Å². The van der Waals surface area contributed by atoms with Crippen molar-refractivity contribution in [1.82, 2.24) is 19.4 Å². The van der Waals surface area contributed by atoms with E-state index in [2.05, 4.69) is 30.1 Å². The van der Waals surface area contributed by atoms with Gasteiger partial charge in [-0.05, 0) is 63.3 Å². The Morgan fingerprint density at radius 2 is 1.26 bits per heavy atom. The van der Waals surface area contributed by atoms with Crippen LogP contribution in [0.5, 0.6) is 0 Å². The fraction of sp³-hybridized carbons (Fsp3) is 0.333. The van der Waals surface area contributed by atoms with Crippen molar-refractivity contribution < 1.29 is 58.7 Å². The van der Waals surface area contributed by atoms with E-state index in [4.69, 9.17) is 4.74 Å². The van der Waals surface area contributed by atoms with E-state index in [1.165, 1.54) is 25.1 Å². The van der Waals surface area contributed by atoms with Gasteiger partial charge >= 0.3 is 18.1 Å². The molecule has 1 aliphatic rings. The lowest BCUT2D eigenvalue weighted by molar-refractivity contribution is -0.141. The molecule has 0 aliphatic heterocycles. The number of aryl methyl sites for hydroxylation is 1. The number of nitrogens with one attached hydrogen (secondary N) is 4. The highest BCUT2D eigenvalue weighted by atomic mass is 32.2. The number of amides is 2. The molecular weight excluding hydrogens is 898 g/mol. The van der Waals surface area contributed by atoms with Crippen LogP contribution in [0.25, 0.3) is 0 Å². The van der Waals surface area contributed by atoms with E-state index in [0.717, 1.165) is 0 Å². The van der Waals surface area contributed by atoms with E-state index in [-0.39, 0.29) is 36.1 Å². The van der Waals surface area contributed by atoms with Gasteiger partial charge in [0.15, 0.2) is 5.69 Å². The molecule has 2 aromatic carbocycles. The van der Waals surface area contributed by atoms with Crippen molar-refractivity contribution in [2.24, 2.45) is 5.92 Å². The summed E-state index contributed by atoms with van der Waals surface area (Å²) in [6, 6.07) is 22.1. The van der Waals surface area contributed by atoms with Crippen LogP contribution in [0, 0.1) is 35.5 Å². The predicted molar refractivity (Wildman–Crippen MR) is 227 cm³/mol. The molecule has 2 amide bonds. The van der Waals surface area contributed by atoms with Crippen molar-refractivity contribution in [1.29, 1.82) is 10.5 Å². The number of esters is 2. The Kier molecular flexibility index (Phi) is 17.5. The predicted octanol–water partition coefficient (Wildman–Crippen LogP) is 4.87. The van der Waals surface area contributed by atoms with Crippen LogP contribution in [0.3, 0.4) is 0 Å². The standard InChI is InChI=1S/C23H26N4O5S.C19H17F3N4O5S/c1-3-32-23(29)20-12-18(13-24)21(25-15(20)2)26-19-10-9-17(11-19)22(28)27-33(30,31)14-16-7-5-4-6-8-16;1-2-31-18(28)14-8-13(9-23)17(25-16(14)19(20,21)22)24-10-15(27)26-32(29,30)11-12-6-4-3-5-7-12/h4-8,12,17,19H,3,9-11,14H2,1-2H3,(H,25,26)(H,27,28);3-8H,2,10-11H2,1H3,(H,24,25)(H,26,27). The van der Waals surface area contributed by atoms with Crippen molar-refractivity contribution >= 4 is 55.4 Å². The SMILES string of the molecule is CCOC(=O)c1cc(C#N)c(NC2CCC(C(=O)NS(=O)(=O)Cc3ccccc3)C2)nc1C.CCOC(=O)c1cc(C#N)c(NCC(=O)NS(=O)(=O)Cc2ccccc2)nc1C(F)(F)F. The topological polar surface area (TPSA) is 276 Å². The van der Waals surface area contributed by atoms with Gasteiger partial charge in [0.25, 0.3) is 5.91 Å². The van der Waals surface area contributed by atoms with Gasteiger partial charge in [0.1, 0.15) is 23.8 Å². The minimum absolute atomic E-state index is 0.162. The second-order valence-corrected chi connectivity index (χ2v) is 17.6. The first-order chi connectivity index (χ1) is 30.7. The molecule has 5 rings (SSSR count). The first kappa shape index (κ1) is 50.5. The van der Waals surface area contributed by atoms with Gasteiger partial charge in [-0.15, -0.1) is 0 Å². The van der Waals surface area contributed by atoms with Crippen LogP contribution in [0.4, 0.5) is 24.8 Å². The average molecular weight is 941 g/mol. The smallest absolute Gasteiger partial charge is 0.434 e. The summed E-state index contributed by atoms with van der Waals surface area (Å²) in [6.45, 7) is 3.96. The zero-order chi connectivity index (χ0) is 48.0. The number of pyridine rings is 2. The van der Waals surface area contributed by atoms with E-state index in [1.54, 1.807) is 73.2 Å². The number of aromatic nitrogens is 2. The van der Waals surface area contributed by atoms with Crippen LogP contribution in [0.15, 0.2) is 72.8 Å². The van der Waals surface area contributed by atoms with Crippen LogP contribution < -0.4 is 20.1 Å². The third-order valence-corrected chi connectivity index (χ3v) is 11.7. The molecule has 65 heavy (non-hydrogen) atoms. The Bertz CT molecular complexity index is 2690. The van der Waals surface area contributed by atoms with E-state index in [9.17, 15) is 59.7 Å². The lowest BCUT2D eigenvalue weighted by Gasteiger charge is -2.16. The molecule has 344 valence electrons. The number of carbonyl (C=O) groups is 4. The Morgan fingerprint density at radius 1 is 0.754 bits per heavy atom. The molecular formula is C42H43F3N8O10S2. The maximum atomic E-state index is 13.4. The highest BCUT2D eigenvalue weighted by Gasteiger charge is 2.39. The monoisotopic (exact) mass is 940 g/mol. The average Bonchev–Trinajstić information content (AvgIpc) is 3.71. The molecule has 1 fully saturated rings. The van der Waals surface area contributed by atoms with Gasteiger partial charge in [0, 0.05) is 12.0 Å². The van der Waals surface area contributed by atoms with Crippen LogP contribution in [-0.4, -0.2) is 76.4 Å². The van der Waals surface area contributed by atoms with Crippen LogP contribution in [0.1, 0.15) is 87.5 Å². The molecule has 2 atom stereocenters. The molecule has 0 bridgehead atoms. The van der Waals surface area contributed by atoms with Crippen LogP contribution in [0.2, 0.25) is 0 Å². The molecule has 18 nitrogen and oxygen atoms in total. The maximum absolute atomic E-state index is 13.4. The minimum Gasteiger partial charge on any atom is -0.462 e. The number of hydrogen-bond donors (Lipinski definition) is 4. The Balaban J connectivity index is 0.000000285. The molecule has 0 spiro atoms. The van der Waals surface area contributed by atoms with Crippen molar-refractivity contribution in [2.45, 2.75) is 63.8 Å².